The van der Waals surface area contributed by atoms with E-state index in [1.165, 1.54) is 42.5 Å². The lowest BCUT2D eigenvalue weighted by Crippen LogP contribution is -2.33. The normalized spacial score (nSPS) is 13.5. The van der Waals surface area contributed by atoms with E-state index in [1.54, 1.807) is 6.92 Å². The molecule has 116 valence electrons. The van der Waals surface area contributed by atoms with Gasteiger partial charge in [-0.25, -0.2) is 8.78 Å². The van der Waals surface area contributed by atoms with Gasteiger partial charge in [0.05, 0.1) is 6.10 Å². The lowest BCUT2D eigenvalue weighted by Gasteiger charge is -2.18. The zero-order chi connectivity index (χ0) is 16.1. The highest BCUT2D eigenvalue weighted by Crippen LogP contribution is 2.18. The van der Waals surface area contributed by atoms with Gasteiger partial charge in [-0.05, 0) is 49.2 Å². The fourth-order valence-corrected chi connectivity index (χ4v) is 2.15. The van der Waals surface area contributed by atoms with Gasteiger partial charge in [-0.3, -0.25) is 4.79 Å². The van der Waals surface area contributed by atoms with E-state index in [9.17, 15) is 18.7 Å². The average Bonchev–Trinajstić information content (AvgIpc) is 2.47. The Labute approximate surface area is 127 Å². The summed E-state index contributed by atoms with van der Waals surface area (Å²) in [7, 11) is 0. The standard InChI is InChI=1S/C17H17F2NO2/c1-11(9-16(21)12-5-7-14(18)8-6-12)20-17(22)13-3-2-4-15(19)10-13/h2-8,10-11,16,21H,9H2,1H3,(H,20,22). The van der Waals surface area contributed by atoms with Gasteiger partial charge >= 0.3 is 0 Å². The molecular weight excluding hydrogens is 288 g/mol. The van der Waals surface area contributed by atoms with E-state index >= 15 is 0 Å². The first kappa shape index (κ1) is 16.1. The molecule has 3 nitrogen and oxygen atoms in total. The summed E-state index contributed by atoms with van der Waals surface area (Å²) in [6.07, 6.45) is -0.546. The van der Waals surface area contributed by atoms with E-state index in [4.69, 9.17) is 0 Å². The van der Waals surface area contributed by atoms with Crippen LogP contribution in [-0.4, -0.2) is 17.1 Å². The molecule has 1 amide bonds. The van der Waals surface area contributed by atoms with Crippen LogP contribution in [0.15, 0.2) is 48.5 Å². The van der Waals surface area contributed by atoms with Crippen LogP contribution in [0.2, 0.25) is 0 Å². The number of benzene rings is 2. The largest absolute Gasteiger partial charge is 0.388 e. The van der Waals surface area contributed by atoms with Gasteiger partial charge in [0.25, 0.3) is 5.91 Å². The molecule has 2 aromatic carbocycles. The maximum absolute atomic E-state index is 13.1. The first-order valence-electron chi connectivity index (χ1n) is 6.95. The van der Waals surface area contributed by atoms with E-state index in [2.05, 4.69) is 5.32 Å². The molecule has 0 fully saturated rings. The lowest BCUT2D eigenvalue weighted by atomic mass is 10.0. The first-order chi connectivity index (χ1) is 10.5. The lowest BCUT2D eigenvalue weighted by molar-refractivity contribution is 0.0916. The summed E-state index contributed by atoms with van der Waals surface area (Å²) in [5.41, 5.74) is 0.802. The number of amides is 1. The summed E-state index contributed by atoms with van der Waals surface area (Å²) in [6, 6.07) is 10.6. The summed E-state index contributed by atoms with van der Waals surface area (Å²) in [4.78, 5) is 12.0. The second kappa shape index (κ2) is 7.13. The van der Waals surface area contributed by atoms with Crippen molar-refractivity contribution in [2.24, 2.45) is 0 Å². The van der Waals surface area contributed by atoms with Gasteiger partial charge in [0.2, 0.25) is 0 Å². The van der Waals surface area contributed by atoms with Gasteiger partial charge < -0.3 is 10.4 Å². The van der Waals surface area contributed by atoms with Gasteiger partial charge in [-0.15, -0.1) is 0 Å². The SMILES string of the molecule is CC(CC(O)c1ccc(F)cc1)NC(=O)c1cccc(F)c1. The van der Waals surface area contributed by atoms with Gasteiger partial charge in [-0.2, -0.15) is 0 Å². The van der Waals surface area contributed by atoms with Crippen LogP contribution in [0.1, 0.15) is 35.4 Å². The van der Waals surface area contributed by atoms with Crippen LogP contribution in [0.3, 0.4) is 0 Å². The number of halogens is 2. The topological polar surface area (TPSA) is 49.3 Å². The van der Waals surface area contributed by atoms with E-state index in [0.717, 1.165) is 6.07 Å². The summed E-state index contributed by atoms with van der Waals surface area (Å²) in [6.45, 7) is 1.74. The number of rotatable bonds is 5. The number of aliphatic hydroxyl groups excluding tert-OH is 1. The fourth-order valence-electron chi connectivity index (χ4n) is 2.15. The molecule has 0 bridgehead atoms. The van der Waals surface area contributed by atoms with Crippen molar-refractivity contribution < 1.29 is 18.7 Å². The molecular formula is C17H17F2NO2. The van der Waals surface area contributed by atoms with Crippen molar-refractivity contribution in [3.63, 3.8) is 0 Å². The van der Waals surface area contributed by atoms with Gasteiger partial charge in [0.15, 0.2) is 0 Å². The minimum absolute atomic E-state index is 0.225. The summed E-state index contributed by atoms with van der Waals surface area (Å²) < 4.78 is 25.9. The smallest absolute Gasteiger partial charge is 0.251 e. The van der Waals surface area contributed by atoms with E-state index in [1.807, 2.05) is 0 Å². The highest BCUT2D eigenvalue weighted by molar-refractivity contribution is 5.94. The minimum Gasteiger partial charge on any atom is -0.388 e. The molecule has 2 unspecified atom stereocenters. The first-order valence-corrected chi connectivity index (χ1v) is 6.95. The number of carbonyl (C=O) groups is 1. The second-order valence-electron chi connectivity index (χ2n) is 5.19. The van der Waals surface area contributed by atoms with Crippen LogP contribution in [0.5, 0.6) is 0 Å². The van der Waals surface area contributed by atoms with Gasteiger partial charge in [-0.1, -0.05) is 18.2 Å². The van der Waals surface area contributed by atoms with Crippen LogP contribution >= 0.6 is 0 Å². The predicted octanol–water partition coefficient (Wildman–Crippen LogP) is 3.21. The maximum Gasteiger partial charge on any atom is 0.251 e. The third-order valence-corrected chi connectivity index (χ3v) is 3.30. The van der Waals surface area contributed by atoms with Crippen LogP contribution in [-0.2, 0) is 0 Å². The zero-order valence-corrected chi connectivity index (χ0v) is 12.1. The summed E-state index contributed by atoms with van der Waals surface area (Å²) >= 11 is 0. The van der Waals surface area contributed by atoms with Crippen molar-refractivity contribution in [2.75, 3.05) is 0 Å². The molecule has 0 aromatic heterocycles. The molecule has 0 aliphatic rings. The Hall–Kier alpha value is -2.27. The third kappa shape index (κ3) is 4.36. The van der Waals surface area contributed by atoms with Crippen molar-refractivity contribution in [1.82, 2.24) is 5.32 Å². The minimum atomic E-state index is -0.816. The van der Waals surface area contributed by atoms with Gasteiger partial charge in [0, 0.05) is 11.6 Å². The number of nitrogens with one attached hydrogen (secondary N) is 1. The molecule has 0 saturated carbocycles. The van der Waals surface area contributed by atoms with E-state index in [-0.39, 0.29) is 23.8 Å². The van der Waals surface area contributed by atoms with Crippen molar-refractivity contribution in [1.29, 1.82) is 0 Å². The fraction of sp³-hybridized carbons (Fsp3) is 0.235. The molecule has 0 saturated heterocycles. The Morgan fingerprint density at radius 3 is 2.45 bits per heavy atom. The molecule has 2 rings (SSSR count). The van der Waals surface area contributed by atoms with Crippen LogP contribution in [0, 0.1) is 11.6 Å². The number of hydrogen-bond donors (Lipinski definition) is 2. The van der Waals surface area contributed by atoms with Crippen LogP contribution in [0.25, 0.3) is 0 Å². The van der Waals surface area contributed by atoms with Gasteiger partial charge in [0.1, 0.15) is 11.6 Å². The molecule has 5 heteroatoms. The summed E-state index contributed by atoms with van der Waals surface area (Å²) in [5, 5.41) is 12.8. The van der Waals surface area contributed by atoms with Crippen molar-refractivity contribution in [2.45, 2.75) is 25.5 Å². The van der Waals surface area contributed by atoms with Crippen molar-refractivity contribution in [3.8, 4) is 0 Å². The third-order valence-electron chi connectivity index (χ3n) is 3.30. The number of hydrogen-bond acceptors (Lipinski definition) is 2. The molecule has 2 aromatic rings. The molecule has 2 atom stereocenters. The van der Waals surface area contributed by atoms with E-state index < -0.39 is 17.8 Å². The summed E-state index contributed by atoms with van der Waals surface area (Å²) in [5.74, 6) is -1.26. The van der Waals surface area contributed by atoms with Crippen molar-refractivity contribution in [3.05, 3.63) is 71.3 Å². The second-order valence-corrected chi connectivity index (χ2v) is 5.19. The molecule has 0 aliphatic heterocycles. The Bertz CT molecular complexity index is 643. The molecule has 0 heterocycles. The number of carbonyl (C=O) groups excluding carboxylic acids is 1. The predicted molar refractivity (Wildman–Crippen MR) is 79.3 cm³/mol. The molecule has 0 spiro atoms. The molecule has 0 radical (unpaired) electrons. The highest BCUT2D eigenvalue weighted by Gasteiger charge is 2.15. The Kier molecular flexibility index (Phi) is 5.22. The molecule has 0 aliphatic carbocycles. The Morgan fingerprint density at radius 1 is 1.14 bits per heavy atom. The highest BCUT2D eigenvalue weighted by atomic mass is 19.1. The zero-order valence-electron chi connectivity index (χ0n) is 12.1. The molecule has 2 N–H and O–H groups in total. The van der Waals surface area contributed by atoms with E-state index in [0.29, 0.717) is 5.56 Å². The molecule has 22 heavy (non-hydrogen) atoms. The van der Waals surface area contributed by atoms with Crippen molar-refractivity contribution >= 4 is 5.91 Å². The Morgan fingerprint density at radius 2 is 1.82 bits per heavy atom. The number of aliphatic hydroxyl groups is 1. The van der Waals surface area contributed by atoms with Crippen LogP contribution < -0.4 is 5.32 Å². The Balaban J connectivity index is 1.93. The average molecular weight is 305 g/mol. The quantitative estimate of drug-likeness (QED) is 0.891. The van der Waals surface area contributed by atoms with Crippen LogP contribution in [0.4, 0.5) is 8.78 Å². The maximum atomic E-state index is 13.1. The monoisotopic (exact) mass is 305 g/mol.